The number of nitrogens with zero attached hydrogens (tertiary/aromatic N) is 1. The lowest BCUT2D eigenvalue weighted by Gasteiger charge is -2.13. The SMILES string of the molecule is CC(C)c1nc(C(C)NC(=O)c2c[nH]c(=O)c3ccccc23)cs1. The minimum Gasteiger partial charge on any atom is -0.344 e. The van der Waals surface area contributed by atoms with Gasteiger partial charge in [-0.2, -0.15) is 0 Å². The monoisotopic (exact) mass is 341 g/mol. The van der Waals surface area contributed by atoms with Crippen LogP contribution in [0.1, 0.15) is 53.8 Å². The van der Waals surface area contributed by atoms with Crippen LogP contribution in [0.15, 0.2) is 40.6 Å². The molecular weight excluding hydrogens is 322 g/mol. The maximum absolute atomic E-state index is 12.6. The van der Waals surface area contributed by atoms with Gasteiger partial charge in [-0.25, -0.2) is 4.98 Å². The molecule has 0 aliphatic carbocycles. The van der Waals surface area contributed by atoms with Crippen molar-refractivity contribution in [3.63, 3.8) is 0 Å². The van der Waals surface area contributed by atoms with Crippen LogP contribution in [0.4, 0.5) is 0 Å². The van der Waals surface area contributed by atoms with Crippen LogP contribution in [-0.4, -0.2) is 15.9 Å². The van der Waals surface area contributed by atoms with Gasteiger partial charge in [-0.3, -0.25) is 9.59 Å². The molecular formula is C18H19N3O2S. The van der Waals surface area contributed by atoms with Crippen molar-refractivity contribution in [2.75, 3.05) is 0 Å². The number of nitrogens with one attached hydrogen (secondary N) is 2. The van der Waals surface area contributed by atoms with E-state index in [-0.39, 0.29) is 17.5 Å². The number of carbonyl (C=O) groups excluding carboxylic acids is 1. The van der Waals surface area contributed by atoms with Crippen molar-refractivity contribution in [2.24, 2.45) is 0 Å². The second kappa shape index (κ2) is 6.57. The fourth-order valence-corrected chi connectivity index (χ4v) is 3.44. The Morgan fingerprint density at radius 2 is 1.92 bits per heavy atom. The number of hydrogen-bond acceptors (Lipinski definition) is 4. The molecule has 3 rings (SSSR count). The van der Waals surface area contributed by atoms with Crippen LogP contribution >= 0.6 is 11.3 Å². The third kappa shape index (κ3) is 3.10. The summed E-state index contributed by atoms with van der Waals surface area (Å²) in [5.41, 5.74) is 1.11. The fourth-order valence-electron chi connectivity index (χ4n) is 2.51. The first-order chi connectivity index (χ1) is 11.5. The number of pyridine rings is 1. The van der Waals surface area contributed by atoms with Crippen molar-refractivity contribution >= 4 is 28.0 Å². The lowest BCUT2D eigenvalue weighted by Crippen LogP contribution is -2.28. The predicted molar refractivity (Wildman–Crippen MR) is 96.7 cm³/mol. The zero-order valence-electron chi connectivity index (χ0n) is 13.8. The van der Waals surface area contributed by atoms with E-state index < -0.39 is 0 Å². The third-order valence-corrected chi connectivity index (χ3v) is 5.04. The molecule has 124 valence electrons. The van der Waals surface area contributed by atoms with E-state index in [9.17, 15) is 9.59 Å². The number of rotatable bonds is 4. The molecule has 24 heavy (non-hydrogen) atoms. The van der Waals surface area contributed by atoms with E-state index in [2.05, 4.69) is 29.1 Å². The number of fused-ring (bicyclic) bond motifs is 1. The molecule has 2 heterocycles. The topological polar surface area (TPSA) is 74.8 Å². The van der Waals surface area contributed by atoms with Crippen LogP contribution in [-0.2, 0) is 0 Å². The zero-order chi connectivity index (χ0) is 17.3. The first-order valence-electron chi connectivity index (χ1n) is 7.84. The van der Waals surface area contributed by atoms with Crippen LogP contribution in [0.25, 0.3) is 10.8 Å². The Kier molecular flexibility index (Phi) is 4.49. The smallest absolute Gasteiger partial charge is 0.255 e. The van der Waals surface area contributed by atoms with Gasteiger partial charge in [-0.1, -0.05) is 32.0 Å². The molecule has 0 bridgehead atoms. The number of benzene rings is 1. The number of carbonyl (C=O) groups is 1. The van der Waals surface area contributed by atoms with Gasteiger partial charge in [-0.05, 0) is 13.0 Å². The van der Waals surface area contributed by atoms with Crippen LogP contribution in [0.2, 0.25) is 0 Å². The Balaban J connectivity index is 1.87. The van der Waals surface area contributed by atoms with Gasteiger partial charge in [0.1, 0.15) is 0 Å². The average Bonchev–Trinajstić information content (AvgIpc) is 3.06. The van der Waals surface area contributed by atoms with Crippen molar-refractivity contribution in [2.45, 2.75) is 32.7 Å². The summed E-state index contributed by atoms with van der Waals surface area (Å²) in [6, 6.07) is 6.89. The molecule has 1 aromatic carbocycles. The van der Waals surface area contributed by atoms with Gasteiger partial charge in [0.15, 0.2) is 0 Å². The quantitative estimate of drug-likeness (QED) is 0.761. The highest BCUT2D eigenvalue weighted by molar-refractivity contribution is 7.09. The first kappa shape index (κ1) is 16.4. The van der Waals surface area contributed by atoms with Crippen LogP contribution in [0, 0.1) is 0 Å². The summed E-state index contributed by atoms with van der Waals surface area (Å²) in [6.07, 6.45) is 1.47. The van der Waals surface area contributed by atoms with E-state index in [0.717, 1.165) is 10.7 Å². The summed E-state index contributed by atoms with van der Waals surface area (Å²) < 4.78 is 0. The second-order valence-electron chi connectivity index (χ2n) is 6.04. The molecule has 0 radical (unpaired) electrons. The highest BCUT2D eigenvalue weighted by Crippen LogP contribution is 2.23. The number of aromatic amines is 1. The number of amides is 1. The highest BCUT2D eigenvalue weighted by Gasteiger charge is 2.17. The van der Waals surface area contributed by atoms with Crippen LogP contribution < -0.4 is 10.9 Å². The van der Waals surface area contributed by atoms with Gasteiger partial charge in [0.05, 0.1) is 22.3 Å². The standard InChI is InChI=1S/C18H19N3O2S/c1-10(2)18-21-15(9-24-18)11(3)20-17(23)14-8-19-16(22)13-7-5-4-6-12(13)14/h4-11H,1-3H3,(H,19,22)(H,20,23). The summed E-state index contributed by atoms with van der Waals surface area (Å²) in [7, 11) is 0. The van der Waals surface area contributed by atoms with E-state index in [1.165, 1.54) is 6.20 Å². The number of H-pyrrole nitrogens is 1. The number of thiazole rings is 1. The lowest BCUT2D eigenvalue weighted by atomic mass is 10.1. The highest BCUT2D eigenvalue weighted by atomic mass is 32.1. The summed E-state index contributed by atoms with van der Waals surface area (Å²) in [4.78, 5) is 31.7. The summed E-state index contributed by atoms with van der Waals surface area (Å²) >= 11 is 1.60. The molecule has 0 aliphatic rings. The molecule has 0 aliphatic heterocycles. The summed E-state index contributed by atoms with van der Waals surface area (Å²) in [5.74, 6) is 0.142. The predicted octanol–water partition coefficient (Wildman–Crippen LogP) is 3.60. The van der Waals surface area contributed by atoms with Crippen molar-refractivity contribution < 1.29 is 4.79 Å². The van der Waals surface area contributed by atoms with Gasteiger partial charge >= 0.3 is 0 Å². The molecule has 0 saturated heterocycles. The lowest BCUT2D eigenvalue weighted by molar-refractivity contribution is 0.0940. The second-order valence-corrected chi connectivity index (χ2v) is 6.93. The Bertz CT molecular complexity index is 943. The minimum atomic E-state index is -0.228. The molecule has 3 aromatic rings. The Morgan fingerprint density at radius 3 is 2.58 bits per heavy atom. The van der Waals surface area contributed by atoms with Crippen LogP contribution in [0.3, 0.4) is 0 Å². The van der Waals surface area contributed by atoms with E-state index in [1.54, 1.807) is 29.5 Å². The molecule has 0 fully saturated rings. The van der Waals surface area contributed by atoms with Gasteiger partial charge in [0.25, 0.3) is 11.5 Å². The molecule has 1 unspecified atom stereocenters. The van der Waals surface area contributed by atoms with Crippen molar-refractivity contribution in [1.29, 1.82) is 0 Å². The average molecular weight is 341 g/mol. The van der Waals surface area contributed by atoms with Gasteiger partial charge in [0.2, 0.25) is 0 Å². The first-order valence-corrected chi connectivity index (χ1v) is 8.72. The van der Waals surface area contributed by atoms with Crippen molar-refractivity contribution in [3.05, 3.63) is 62.5 Å². The third-order valence-electron chi connectivity index (χ3n) is 3.88. The summed E-state index contributed by atoms with van der Waals surface area (Å²) in [5, 5.41) is 7.15. The van der Waals surface area contributed by atoms with E-state index in [0.29, 0.717) is 22.3 Å². The normalized spacial score (nSPS) is 12.5. The number of aromatic nitrogens is 2. The Morgan fingerprint density at radius 1 is 1.21 bits per heavy atom. The van der Waals surface area contributed by atoms with Gasteiger partial charge in [0, 0.05) is 28.3 Å². The molecule has 6 heteroatoms. The Hall–Kier alpha value is -2.47. The Labute approximate surface area is 143 Å². The molecule has 2 N–H and O–H groups in total. The van der Waals surface area contributed by atoms with E-state index in [4.69, 9.17) is 0 Å². The minimum absolute atomic E-state index is 0.198. The summed E-state index contributed by atoms with van der Waals surface area (Å²) in [6.45, 7) is 6.10. The zero-order valence-corrected chi connectivity index (χ0v) is 14.6. The van der Waals surface area contributed by atoms with E-state index >= 15 is 0 Å². The van der Waals surface area contributed by atoms with E-state index in [1.807, 2.05) is 18.4 Å². The van der Waals surface area contributed by atoms with Crippen LogP contribution in [0.5, 0.6) is 0 Å². The molecule has 5 nitrogen and oxygen atoms in total. The molecule has 1 atom stereocenters. The fraction of sp³-hybridized carbons (Fsp3) is 0.278. The van der Waals surface area contributed by atoms with Gasteiger partial charge in [-0.15, -0.1) is 11.3 Å². The largest absolute Gasteiger partial charge is 0.344 e. The maximum Gasteiger partial charge on any atom is 0.255 e. The molecule has 0 spiro atoms. The molecule has 2 aromatic heterocycles. The number of hydrogen-bond donors (Lipinski definition) is 2. The molecule has 1 amide bonds. The maximum atomic E-state index is 12.6. The van der Waals surface area contributed by atoms with Gasteiger partial charge < -0.3 is 10.3 Å². The molecule has 0 saturated carbocycles. The van der Waals surface area contributed by atoms with Crippen molar-refractivity contribution in [3.8, 4) is 0 Å². The van der Waals surface area contributed by atoms with Crippen molar-refractivity contribution in [1.82, 2.24) is 15.3 Å².